The lowest BCUT2D eigenvalue weighted by molar-refractivity contribution is -0.152. The van der Waals surface area contributed by atoms with Gasteiger partial charge >= 0.3 is 5.97 Å². The van der Waals surface area contributed by atoms with Crippen molar-refractivity contribution in [3.63, 3.8) is 0 Å². The number of hydrogen-bond acceptors (Lipinski definition) is 3. The van der Waals surface area contributed by atoms with Crippen LogP contribution in [0.3, 0.4) is 0 Å². The topological polar surface area (TPSA) is 61.4 Å². The van der Waals surface area contributed by atoms with Crippen molar-refractivity contribution in [2.75, 3.05) is 18.4 Å². The van der Waals surface area contributed by atoms with Gasteiger partial charge in [-0.05, 0) is 67.1 Å². The predicted octanol–water partition coefficient (Wildman–Crippen LogP) is 4.74. The van der Waals surface area contributed by atoms with Gasteiger partial charge in [0.25, 0.3) is 0 Å². The van der Waals surface area contributed by atoms with Crippen LogP contribution in [0.5, 0.6) is 0 Å². The Balaban J connectivity index is 1.82. The summed E-state index contributed by atoms with van der Waals surface area (Å²) in [7, 11) is 0. The summed E-state index contributed by atoms with van der Waals surface area (Å²) in [6, 6.07) is 12.5. The van der Waals surface area contributed by atoms with Crippen LogP contribution >= 0.6 is 11.6 Å². The van der Waals surface area contributed by atoms with Crippen LogP contribution in [0, 0.1) is 19.3 Å². The molecule has 0 aromatic heterocycles. The van der Waals surface area contributed by atoms with E-state index in [9.17, 15) is 9.90 Å². The number of nitrogens with one attached hydrogen (secondary N) is 2. The van der Waals surface area contributed by atoms with Gasteiger partial charge in [0.2, 0.25) is 0 Å². The van der Waals surface area contributed by atoms with Gasteiger partial charge in [-0.15, -0.1) is 0 Å². The van der Waals surface area contributed by atoms with Gasteiger partial charge in [0.05, 0.1) is 11.5 Å². The lowest BCUT2D eigenvalue weighted by Gasteiger charge is -2.39. The Labute approximate surface area is 165 Å². The summed E-state index contributed by atoms with van der Waals surface area (Å²) in [6.07, 6.45) is 1.49. The van der Waals surface area contributed by atoms with E-state index in [1.54, 1.807) is 0 Å². The minimum Gasteiger partial charge on any atom is -0.481 e. The van der Waals surface area contributed by atoms with Crippen LogP contribution in [0.25, 0.3) is 0 Å². The third kappa shape index (κ3) is 4.12. The first-order chi connectivity index (χ1) is 12.8. The molecule has 1 aliphatic rings. The van der Waals surface area contributed by atoms with Crippen molar-refractivity contribution in [1.82, 2.24) is 5.32 Å². The summed E-state index contributed by atoms with van der Waals surface area (Å²) < 4.78 is 0. The summed E-state index contributed by atoms with van der Waals surface area (Å²) in [5, 5.41) is 17.1. The van der Waals surface area contributed by atoms with Crippen LogP contribution in [0.4, 0.5) is 5.69 Å². The summed E-state index contributed by atoms with van der Waals surface area (Å²) in [5.41, 5.74) is 4.82. The van der Waals surface area contributed by atoms with Gasteiger partial charge in [-0.3, -0.25) is 4.79 Å². The molecular formula is C22H27ClN2O2. The van der Waals surface area contributed by atoms with E-state index in [0.29, 0.717) is 19.5 Å². The van der Waals surface area contributed by atoms with Gasteiger partial charge in [0.1, 0.15) is 0 Å². The molecule has 1 fully saturated rings. The van der Waals surface area contributed by atoms with Gasteiger partial charge in [-0.1, -0.05) is 36.7 Å². The minimum atomic E-state index is -0.720. The van der Waals surface area contributed by atoms with E-state index in [0.717, 1.165) is 33.8 Å². The molecule has 3 N–H and O–H groups in total. The normalized spacial score (nSPS) is 16.4. The molecule has 5 heteroatoms. The molecule has 2 aromatic rings. The zero-order chi connectivity index (χ0) is 19.6. The summed E-state index contributed by atoms with van der Waals surface area (Å²) >= 11 is 6.16. The quantitative estimate of drug-likeness (QED) is 0.643. The van der Waals surface area contributed by atoms with Gasteiger partial charge in [-0.25, -0.2) is 0 Å². The Hall–Kier alpha value is -2.04. The highest BCUT2D eigenvalue weighted by Gasteiger charge is 2.44. The number of aliphatic carboxylic acids is 1. The first-order valence-electron chi connectivity index (χ1n) is 9.41. The number of benzene rings is 2. The maximum atomic E-state index is 11.7. The lowest BCUT2D eigenvalue weighted by atomic mass is 9.75. The van der Waals surface area contributed by atoms with Crippen molar-refractivity contribution in [3.05, 3.63) is 63.7 Å². The number of carboxylic acid groups (broad SMARTS) is 1. The van der Waals surface area contributed by atoms with Crippen molar-refractivity contribution < 1.29 is 9.90 Å². The highest BCUT2D eigenvalue weighted by Crippen LogP contribution is 2.32. The van der Waals surface area contributed by atoms with E-state index < -0.39 is 11.4 Å². The van der Waals surface area contributed by atoms with Crippen molar-refractivity contribution in [2.45, 2.75) is 39.7 Å². The highest BCUT2D eigenvalue weighted by molar-refractivity contribution is 6.31. The molecule has 0 radical (unpaired) electrons. The van der Waals surface area contributed by atoms with E-state index in [2.05, 4.69) is 47.9 Å². The molecule has 4 nitrogen and oxygen atoms in total. The zero-order valence-corrected chi connectivity index (χ0v) is 16.9. The van der Waals surface area contributed by atoms with Crippen molar-refractivity contribution in [1.29, 1.82) is 0 Å². The van der Waals surface area contributed by atoms with Crippen molar-refractivity contribution in [2.24, 2.45) is 5.41 Å². The van der Waals surface area contributed by atoms with Crippen LogP contribution in [0.2, 0.25) is 5.02 Å². The Morgan fingerprint density at radius 2 is 1.96 bits per heavy atom. The fourth-order valence-corrected chi connectivity index (χ4v) is 3.72. The van der Waals surface area contributed by atoms with Crippen LogP contribution in [-0.2, 0) is 11.2 Å². The Morgan fingerprint density at radius 1 is 1.22 bits per heavy atom. The highest BCUT2D eigenvalue weighted by atomic mass is 35.5. The predicted molar refractivity (Wildman–Crippen MR) is 111 cm³/mol. The average Bonchev–Trinajstić information content (AvgIpc) is 2.60. The first-order valence-corrected chi connectivity index (χ1v) is 9.78. The van der Waals surface area contributed by atoms with E-state index in [1.807, 2.05) is 19.9 Å². The molecule has 27 heavy (non-hydrogen) atoms. The van der Waals surface area contributed by atoms with E-state index in [4.69, 9.17) is 11.6 Å². The number of carboxylic acids is 1. The molecule has 0 aliphatic carbocycles. The van der Waals surface area contributed by atoms with Crippen molar-refractivity contribution >= 4 is 23.3 Å². The number of carbonyl (C=O) groups is 1. The number of hydrogen-bond donors (Lipinski definition) is 3. The SMILES string of the molecule is CCC(Nc1ccc(C)c(CC2(C(=O)O)CNC2)c1)c1ccc(Cl)c(C)c1. The Bertz CT molecular complexity index is 846. The lowest BCUT2D eigenvalue weighted by Crippen LogP contribution is -2.59. The molecular weight excluding hydrogens is 360 g/mol. The molecule has 1 saturated heterocycles. The molecule has 2 aromatic carbocycles. The number of anilines is 1. The van der Waals surface area contributed by atoms with E-state index in [1.165, 1.54) is 5.56 Å². The van der Waals surface area contributed by atoms with Crippen LogP contribution in [0.1, 0.15) is 41.6 Å². The zero-order valence-electron chi connectivity index (χ0n) is 16.1. The molecule has 3 rings (SSSR count). The fourth-order valence-electron chi connectivity index (χ4n) is 3.60. The standard InChI is InChI=1S/C22H27ClN2O2/c1-4-20(16-6-8-19(23)15(3)9-16)25-18-7-5-14(2)17(10-18)11-22(21(26)27)12-24-13-22/h5-10,20,24-25H,4,11-13H2,1-3H3,(H,26,27). The van der Waals surface area contributed by atoms with E-state index in [-0.39, 0.29) is 6.04 Å². The molecule has 0 amide bonds. The maximum Gasteiger partial charge on any atom is 0.312 e. The molecule has 1 aliphatic heterocycles. The second-order valence-corrected chi connectivity index (χ2v) is 8.03. The van der Waals surface area contributed by atoms with Crippen LogP contribution in [0.15, 0.2) is 36.4 Å². The summed E-state index contributed by atoms with van der Waals surface area (Å²) in [4.78, 5) is 11.7. The second kappa shape index (κ2) is 7.91. The van der Waals surface area contributed by atoms with Crippen LogP contribution < -0.4 is 10.6 Å². The van der Waals surface area contributed by atoms with E-state index >= 15 is 0 Å². The number of rotatable bonds is 7. The monoisotopic (exact) mass is 386 g/mol. The molecule has 144 valence electrons. The van der Waals surface area contributed by atoms with Gasteiger partial charge in [0, 0.05) is 23.8 Å². The van der Waals surface area contributed by atoms with Gasteiger partial charge in [0.15, 0.2) is 0 Å². The smallest absolute Gasteiger partial charge is 0.312 e. The largest absolute Gasteiger partial charge is 0.481 e. The third-order valence-electron chi connectivity index (χ3n) is 5.59. The van der Waals surface area contributed by atoms with Gasteiger partial charge in [-0.2, -0.15) is 0 Å². The van der Waals surface area contributed by atoms with Crippen molar-refractivity contribution in [3.8, 4) is 0 Å². The summed E-state index contributed by atoms with van der Waals surface area (Å²) in [6.45, 7) is 7.26. The fraction of sp³-hybridized carbons (Fsp3) is 0.409. The summed E-state index contributed by atoms with van der Waals surface area (Å²) in [5.74, 6) is -0.720. The van der Waals surface area contributed by atoms with Gasteiger partial charge < -0.3 is 15.7 Å². The number of halogens is 1. The molecule has 0 saturated carbocycles. The number of aryl methyl sites for hydroxylation is 2. The average molecular weight is 387 g/mol. The molecule has 1 atom stereocenters. The molecule has 0 bridgehead atoms. The molecule has 1 unspecified atom stereocenters. The van der Waals surface area contributed by atoms with Crippen LogP contribution in [-0.4, -0.2) is 24.2 Å². The minimum absolute atomic E-state index is 0.176. The maximum absolute atomic E-state index is 11.7. The third-order valence-corrected chi connectivity index (χ3v) is 6.02. The first kappa shape index (κ1) is 19.7. The molecule has 1 heterocycles. The molecule has 0 spiro atoms. The second-order valence-electron chi connectivity index (χ2n) is 7.62. The Kier molecular flexibility index (Phi) is 5.78. The Morgan fingerprint density at radius 3 is 2.52 bits per heavy atom.